The van der Waals surface area contributed by atoms with Crippen molar-refractivity contribution in [3.05, 3.63) is 47.3 Å². The van der Waals surface area contributed by atoms with Crippen LogP contribution in [0.5, 0.6) is 5.75 Å². The zero-order chi connectivity index (χ0) is 18.8. The first-order valence-electron chi connectivity index (χ1n) is 9.37. The second-order valence-corrected chi connectivity index (χ2v) is 7.18. The van der Waals surface area contributed by atoms with Crippen LogP contribution in [0.2, 0.25) is 0 Å². The fraction of sp³-hybridized carbons (Fsp3) is 0.450. The summed E-state index contributed by atoms with van der Waals surface area (Å²) < 4.78 is 7.70. The van der Waals surface area contributed by atoms with Gasteiger partial charge in [0.05, 0.1) is 30.3 Å². The van der Waals surface area contributed by atoms with E-state index in [0.29, 0.717) is 32.5 Å². The highest BCUT2D eigenvalue weighted by Crippen LogP contribution is 2.28. The van der Waals surface area contributed by atoms with E-state index in [0.717, 1.165) is 35.7 Å². The SMILES string of the molecule is O=C(O)CCc1cc2n(n1)CCCN(C(=O)[C@H]1COc3ccccc3C1)C2. The second kappa shape index (κ2) is 7.42. The summed E-state index contributed by atoms with van der Waals surface area (Å²) in [4.78, 5) is 25.8. The number of aryl methyl sites for hydroxylation is 2. The Morgan fingerprint density at radius 1 is 1.26 bits per heavy atom. The number of nitrogens with zero attached hydrogens (tertiary/aromatic N) is 3. The van der Waals surface area contributed by atoms with Gasteiger partial charge < -0.3 is 14.7 Å². The van der Waals surface area contributed by atoms with E-state index in [1.54, 1.807) is 0 Å². The molecule has 0 fully saturated rings. The molecule has 1 amide bonds. The Morgan fingerprint density at radius 2 is 2.11 bits per heavy atom. The number of hydrogen-bond donors (Lipinski definition) is 1. The number of carboxylic acids is 1. The van der Waals surface area contributed by atoms with Crippen molar-refractivity contribution in [2.24, 2.45) is 5.92 Å². The molecule has 7 nitrogen and oxygen atoms in total. The lowest BCUT2D eigenvalue weighted by molar-refractivity contribution is -0.138. The Balaban J connectivity index is 1.45. The van der Waals surface area contributed by atoms with Crippen LogP contribution in [0, 0.1) is 5.92 Å². The van der Waals surface area contributed by atoms with Gasteiger partial charge in [0.15, 0.2) is 0 Å². The van der Waals surface area contributed by atoms with Crippen LogP contribution in [0.4, 0.5) is 0 Å². The van der Waals surface area contributed by atoms with Gasteiger partial charge in [-0.25, -0.2) is 0 Å². The fourth-order valence-electron chi connectivity index (χ4n) is 3.81. The number of rotatable bonds is 4. The normalized spacial score (nSPS) is 18.8. The van der Waals surface area contributed by atoms with Crippen molar-refractivity contribution in [3.63, 3.8) is 0 Å². The van der Waals surface area contributed by atoms with E-state index in [9.17, 15) is 9.59 Å². The lowest BCUT2D eigenvalue weighted by atomic mass is 9.95. The largest absolute Gasteiger partial charge is 0.492 e. The van der Waals surface area contributed by atoms with Gasteiger partial charge in [-0.2, -0.15) is 5.10 Å². The summed E-state index contributed by atoms with van der Waals surface area (Å²) in [6.07, 6.45) is 2.02. The van der Waals surface area contributed by atoms with Gasteiger partial charge in [-0.15, -0.1) is 0 Å². The number of fused-ring (bicyclic) bond motifs is 2. The van der Waals surface area contributed by atoms with E-state index in [1.165, 1.54) is 0 Å². The molecule has 27 heavy (non-hydrogen) atoms. The molecule has 0 bridgehead atoms. The van der Waals surface area contributed by atoms with E-state index in [2.05, 4.69) is 5.10 Å². The van der Waals surface area contributed by atoms with Crippen LogP contribution in [0.15, 0.2) is 30.3 Å². The number of aliphatic carboxylic acids is 1. The Labute approximate surface area is 157 Å². The van der Waals surface area contributed by atoms with Gasteiger partial charge in [0.25, 0.3) is 0 Å². The molecule has 0 saturated heterocycles. The van der Waals surface area contributed by atoms with Crippen molar-refractivity contribution in [1.82, 2.24) is 14.7 Å². The van der Waals surface area contributed by atoms with Crippen LogP contribution in [-0.2, 0) is 35.5 Å². The predicted octanol–water partition coefficient (Wildman–Crippen LogP) is 1.88. The molecule has 7 heteroatoms. The van der Waals surface area contributed by atoms with Crippen molar-refractivity contribution in [3.8, 4) is 5.75 Å². The molecular weight excluding hydrogens is 346 g/mol. The summed E-state index contributed by atoms with van der Waals surface area (Å²) in [5.41, 5.74) is 2.83. The van der Waals surface area contributed by atoms with E-state index < -0.39 is 5.97 Å². The molecule has 1 aromatic heterocycles. The summed E-state index contributed by atoms with van der Waals surface area (Å²) in [7, 11) is 0. The number of hydrogen-bond acceptors (Lipinski definition) is 4. The van der Waals surface area contributed by atoms with Crippen molar-refractivity contribution >= 4 is 11.9 Å². The number of para-hydroxylation sites is 1. The molecule has 1 atom stereocenters. The highest BCUT2D eigenvalue weighted by Gasteiger charge is 2.31. The number of carboxylic acid groups (broad SMARTS) is 1. The van der Waals surface area contributed by atoms with Crippen LogP contribution in [0.25, 0.3) is 0 Å². The molecular formula is C20H23N3O4. The van der Waals surface area contributed by atoms with Crippen molar-refractivity contribution in [2.45, 2.75) is 38.8 Å². The van der Waals surface area contributed by atoms with Gasteiger partial charge in [0, 0.05) is 19.5 Å². The van der Waals surface area contributed by atoms with Crippen LogP contribution < -0.4 is 4.74 Å². The third kappa shape index (κ3) is 3.82. The van der Waals surface area contributed by atoms with Crippen molar-refractivity contribution < 1.29 is 19.4 Å². The second-order valence-electron chi connectivity index (χ2n) is 7.18. The molecule has 2 aromatic rings. The average Bonchev–Trinajstić information content (AvgIpc) is 2.95. The third-order valence-electron chi connectivity index (χ3n) is 5.20. The van der Waals surface area contributed by atoms with E-state index in [4.69, 9.17) is 9.84 Å². The molecule has 0 aliphatic carbocycles. The summed E-state index contributed by atoms with van der Waals surface area (Å²) in [6.45, 7) is 2.37. The minimum absolute atomic E-state index is 0.0674. The lowest BCUT2D eigenvalue weighted by Crippen LogP contribution is -2.40. The standard InChI is InChI=1S/C20H23N3O4/c24-19(25)7-6-16-11-17-12-22(8-3-9-23(17)21-16)20(26)15-10-14-4-1-2-5-18(14)27-13-15/h1-2,4-5,11,15H,3,6-10,12-13H2,(H,24,25)/t15-/m1/s1. The van der Waals surface area contributed by atoms with Gasteiger partial charge in [-0.3, -0.25) is 14.3 Å². The molecule has 4 rings (SSSR count). The van der Waals surface area contributed by atoms with Crippen LogP contribution in [-0.4, -0.2) is 44.8 Å². The van der Waals surface area contributed by atoms with E-state index in [-0.39, 0.29) is 18.2 Å². The summed E-state index contributed by atoms with van der Waals surface area (Å²) in [5, 5.41) is 13.4. The topological polar surface area (TPSA) is 84.7 Å². The average molecular weight is 369 g/mol. The summed E-state index contributed by atoms with van der Waals surface area (Å²) in [6, 6.07) is 9.80. The molecule has 0 unspecified atom stereocenters. The Bertz CT molecular complexity index is 861. The lowest BCUT2D eigenvalue weighted by Gasteiger charge is -2.29. The molecule has 1 aromatic carbocycles. The first-order valence-corrected chi connectivity index (χ1v) is 9.37. The summed E-state index contributed by atoms with van der Waals surface area (Å²) in [5.74, 6) is -0.00163. The van der Waals surface area contributed by atoms with Gasteiger partial charge in [0.2, 0.25) is 5.91 Å². The minimum Gasteiger partial charge on any atom is -0.492 e. The van der Waals surface area contributed by atoms with Crippen LogP contribution >= 0.6 is 0 Å². The molecule has 2 aliphatic rings. The highest BCUT2D eigenvalue weighted by molar-refractivity contribution is 5.79. The number of aromatic nitrogens is 2. The first kappa shape index (κ1) is 17.6. The molecule has 0 saturated carbocycles. The maximum atomic E-state index is 13.1. The Morgan fingerprint density at radius 3 is 2.96 bits per heavy atom. The number of carbonyl (C=O) groups excluding carboxylic acids is 1. The van der Waals surface area contributed by atoms with Crippen LogP contribution in [0.1, 0.15) is 29.8 Å². The molecule has 0 spiro atoms. The van der Waals surface area contributed by atoms with Gasteiger partial charge >= 0.3 is 5.97 Å². The zero-order valence-corrected chi connectivity index (χ0v) is 15.1. The highest BCUT2D eigenvalue weighted by atomic mass is 16.5. The molecule has 142 valence electrons. The Hall–Kier alpha value is -2.83. The number of amides is 1. The molecule has 3 heterocycles. The Kier molecular flexibility index (Phi) is 4.83. The maximum absolute atomic E-state index is 13.1. The van der Waals surface area contributed by atoms with Crippen molar-refractivity contribution in [2.75, 3.05) is 13.2 Å². The minimum atomic E-state index is -0.826. The quantitative estimate of drug-likeness (QED) is 0.890. The van der Waals surface area contributed by atoms with Crippen molar-refractivity contribution in [1.29, 1.82) is 0 Å². The monoisotopic (exact) mass is 369 g/mol. The number of benzene rings is 1. The smallest absolute Gasteiger partial charge is 0.303 e. The zero-order valence-electron chi connectivity index (χ0n) is 15.1. The van der Waals surface area contributed by atoms with E-state index in [1.807, 2.05) is 39.9 Å². The maximum Gasteiger partial charge on any atom is 0.303 e. The predicted molar refractivity (Wildman–Crippen MR) is 97.3 cm³/mol. The molecule has 2 aliphatic heterocycles. The third-order valence-corrected chi connectivity index (χ3v) is 5.20. The van der Waals surface area contributed by atoms with E-state index >= 15 is 0 Å². The number of ether oxygens (including phenoxy) is 1. The fourth-order valence-corrected chi connectivity index (χ4v) is 3.81. The summed E-state index contributed by atoms with van der Waals surface area (Å²) >= 11 is 0. The van der Waals surface area contributed by atoms with Gasteiger partial charge in [-0.1, -0.05) is 18.2 Å². The first-order chi connectivity index (χ1) is 13.1. The van der Waals surface area contributed by atoms with Gasteiger partial charge in [0.1, 0.15) is 12.4 Å². The number of carbonyl (C=O) groups is 2. The molecule has 0 radical (unpaired) electrons. The van der Waals surface area contributed by atoms with Crippen LogP contribution in [0.3, 0.4) is 0 Å². The molecule has 1 N–H and O–H groups in total. The van der Waals surface area contributed by atoms with Gasteiger partial charge in [-0.05, 0) is 30.5 Å².